The van der Waals surface area contributed by atoms with Gasteiger partial charge in [-0.25, -0.2) is 4.79 Å². The lowest BCUT2D eigenvalue weighted by Crippen LogP contribution is -2.58. The Bertz CT molecular complexity index is 569. The van der Waals surface area contributed by atoms with E-state index in [-0.39, 0.29) is 29.8 Å². The van der Waals surface area contributed by atoms with E-state index in [0.717, 1.165) is 32.4 Å². The van der Waals surface area contributed by atoms with Crippen LogP contribution in [0.5, 0.6) is 0 Å². The molecule has 3 fully saturated rings. The van der Waals surface area contributed by atoms with Crippen molar-refractivity contribution >= 4 is 13.2 Å². The average Bonchev–Trinajstić information content (AvgIpc) is 2.85. The number of rotatable bonds is 1. The van der Waals surface area contributed by atoms with Gasteiger partial charge in [0.15, 0.2) is 0 Å². The number of allylic oxidation sites excluding steroid dienone is 1. The average molecular weight is 349 g/mol. The summed E-state index contributed by atoms with van der Waals surface area (Å²) in [5.41, 5.74) is 0.593. The molecule has 0 atom stereocenters. The zero-order valence-electron chi connectivity index (χ0n) is 16.8. The van der Waals surface area contributed by atoms with E-state index in [1.807, 2.05) is 25.7 Å². The van der Waals surface area contributed by atoms with Crippen LogP contribution in [0.25, 0.3) is 0 Å². The molecule has 1 aliphatic carbocycles. The minimum absolute atomic E-state index is 0.193. The molecule has 2 saturated heterocycles. The van der Waals surface area contributed by atoms with Crippen LogP contribution in [0.15, 0.2) is 11.5 Å². The number of likely N-dealkylation sites (tertiary alicyclic amines) is 1. The first kappa shape index (κ1) is 18.8. The van der Waals surface area contributed by atoms with Crippen molar-refractivity contribution in [3.8, 4) is 0 Å². The summed E-state index contributed by atoms with van der Waals surface area (Å²) in [4.78, 5) is 14.0. The monoisotopic (exact) mass is 349 g/mol. The van der Waals surface area contributed by atoms with Gasteiger partial charge in [-0.05, 0) is 67.7 Å². The van der Waals surface area contributed by atoms with E-state index in [9.17, 15) is 4.79 Å². The van der Waals surface area contributed by atoms with Crippen molar-refractivity contribution in [3.05, 3.63) is 11.5 Å². The van der Waals surface area contributed by atoms with Gasteiger partial charge in [-0.3, -0.25) is 0 Å². The number of hydrogen-bond donors (Lipinski definition) is 0. The summed E-state index contributed by atoms with van der Waals surface area (Å²) < 4.78 is 17.6. The lowest BCUT2D eigenvalue weighted by molar-refractivity contribution is -0.0308. The topological polar surface area (TPSA) is 48.0 Å². The number of amides is 1. The van der Waals surface area contributed by atoms with Crippen LogP contribution in [0.2, 0.25) is 0 Å². The zero-order chi connectivity index (χ0) is 18.7. The maximum absolute atomic E-state index is 12.1. The second-order valence-electron chi connectivity index (χ2n) is 9.96. The van der Waals surface area contributed by atoms with Crippen LogP contribution in [0.1, 0.15) is 67.7 Å². The first-order valence-electron chi connectivity index (χ1n) is 9.34. The molecule has 1 amide bonds. The number of carbonyl (C=O) groups is 1. The molecule has 0 aromatic rings. The first-order valence-corrected chi connectivity index (χ1v) is 9.34. The molecule has 2 heterocycles. The SMILES string of the molecule is CC(C)(C)OC(=O)N1CC2(CC/C(=C/B3OC(C)(C)C(C)(C)O3)C2)C1. The fraction of sp³-hybridized carbons (Fsp3) is 0.842. The Morgan fingerprint density at radius 2 is 1.72 bits per heavy atom. The van der Waals surface area contributed by atoms with Gasteiger partial charge >= 0.3 is 13.2 Å². The summed E-state index contributed by atoms with van der Waals surface area (Å²) in [7, 11) is -0.266. The lowest BCUT2D eigenvalue weighted by Gasteiger charge is -2.48. The lowest BCUT2D eigenvalue weighted by atomic mass is 9.77. The minimum atomic E-state index is -0.433. The van der Waals surface area contributed by atoms with Crippen molar-refractivity contribution in [2.75, 3.05) is 13.1 Å². The highest BCUT2D eigenvalue weighted by atomic mass is 16.7. The third kappa shape index (κ3) is 3.75. The highest BCUT2D eigenvalue weighted by Crippen LogP contribution is 2.49. The van der Waals surface area contributed by atoms with Crippen molar-refractivity contribution in [2.24, 2.45) is 5.41 Å². The van der Waals surface area contributed by atoms with Crippen LogP contribution in [0, 0.1) is 5.41 Å². The molecule has 25 heavy (non-hydrogen) atoms. The summed E-state index contributed by atoms with van der Waals surface area (Å²) in [6.07, 6.45) is 3.02. The van der Waals surface area contributed by atoms with Crippen LogP contribution in [-0.4, -0.2) is 48.0 Å². The Morgan fingerprint density at radius 3 is 2.24 bits per heavy atom. The standard InChI is InChI=1S/C19H32BNO4/c1-16(2,3)23-15(22)21-12-19(13-21)9-8-14(10-19)11-20-24-17(4,5)18(6,7)25-20/h11H,8-10,12-13H2,1-7H3/b14-11-. The summed E-state index contributed by atoms with van der Waals surface area (Å²) in [6, 6.07) is 0. The van der Waals surface area contributed by atoms with Crippen molar-refractivity contribution < 1.29 is 18.8 Å². The van der Waals surface area contributed by atoms with Gasteiger partial charge in [0.2, 0.25) is 0 Å². The fourth-order valence-electron chi connectivity index (χ4n) is 3.86. The van der Waals surface area contributed by atoms with E-state index in [0.29, 0.717) is 0 Å². The molecule has 3 rings (SSSR count). The molecule has 5 nitrogen and oxygen atoms in total. The van der Waals surface area contributed by atoms with Crippen LogP contribution in [0.4, 0.5) is 4.79 Å². The second-order valence-corrected chi connectivity index (χ2v) is 9.96. The molecule has 140 valence electrons. The Labute approximate surface area is 152 Å². The molecule has 0 aromatic carbocycles. The Hall–Kier alpha value is -1.01. The molecule has 0 aromatic heterocycles. The molecule has 6 heteroatoms. The molecule has 0 bridgehead atoms. The molecule has 2 aliphatic heterocycles. The van der Waals surface area contributed by atoms with Crippen molar-refractivity contribution in [3.63, 3.8) is 0 Å². The second kappa shape index (κ2) is 5.75. The summed E-state index contributed by atoms with van der Waals surface area (Å²) in [6.45, 7) is 15.6. The van der Waals surface area contributed by atoms with Crippen LogP contribution in [-0.2, 0) is 14.0 Å². The summed E-state index contributed by atoms with van der Waals surface area (Å²) in [5, 5.41) is 0. The van der Waals surface area contributed by atoms with E-state index in [2.05, 4.69) is 33.7 Å². The van der Waals surface area contributed by atoms with E-state index in [1.54, 1.807) is 0 Å². The highest BCUT2D eigenvalue weighted by molar-refractivity contribution is 6.51. The van der Waals surface area contributed by atoms with Gasteiger partial charge in [0.25, 0.3) is 0 Å². The van der Waals surface area contributed by atoms with E-state index < -0.39 is 5.60 Å². The minimum Gasteiger partial charge on any atom is -0.444 e. The maximum atomic E-state index is 12.1. The van der Waals surface area contributed by atoms with Gasteiger partial charge in [0, 0.05) is 18.5 Å². The number of ether oxygens (including phenoxy) is 1. The van der Waals surface area contributed by atoms with Crippen molar-refractivity contribution in [1.29, 1.82) is 0 Å². The Kier molecular flexibility index (Phi) is 4.32. The van der Waals surface area contributed by atoms with Crippen molar-refractivity contribution in [2.45, 2.75) is 84.5 Å². The molecule has 1 saturated carbocycles. The van der Waals surface area contributed by atoms with Gasteiger partial charge in [0.05, 0.1) is 11.2 Å². The molecule has 1 spiro atoms. The number of carbonyl (C=O) groups excluding carboxylic acids is 1. The molecule has 0 radical (unpaired) electrons. The molecular weight excluding hydrogens is 317 g/mol. The van der Waals surface area contributed by atoms with Gasteiger partial charge in [0.1, 0.15) is 5.60 Å². The molecule has 3 aliphatic rings. The Balaban J connectivity index is 1.55. The quantitative estimate of drug-likeness (QED) is 0.672. The first-order chi connectivity index (χ1) is 11.3. The molecular formula is C19H32BNO4. The smallest absolute Gasteiger partial charge is 0.444 e. The summed E-state index contributed by atoms with van der Waals surface area (Å²) in [5.74, 6) is 2.15. The van der Waals surface area contributed by atoms with Gasteiger partial charge in [-0.2, -0.15) is 0 Å². The summed E-state index contributed by atoms with van der Waals surface area (Å²) >= 11 is 0. The maximum Gasteiger partial charge on any atom is 0.487 e. The molecule has 0 N–H and O–H groups in total. The van der Waals surface area contributed by atoms with E-state index in [1.165, 1.54) is 5.57 Å². The predicted octanol–water partition coefficient (Wildman–Crippen LogP) is 3.97. The number of hydrogen-bond acceptors (Lipinski definition) is 4. The molecule has 0 unspecified atom stereocenters. The highest BCUT2D eigenvalue weighted by Gasteiger charge is 2.52. The van der Waals surface area contributed by atoms with Gasteiger partial charge < -0.3 is 18.9 Å². The van der Waals surface area contributed by atoms with Crippen molar-refractivity contribution in [1.82, 2.24) is 4.90 Å². The van der Waals surface area contributed by atoms with Crippen LogP contribution >= 0.6 is 0 Å². The van der Waals surface area contributed by atoms with Gasteiger partial charge in [-0.15, -0.1) is 0 Å². The number of nitrogens with zero attached hydrogens (tertiary/aromatic N) is 1. The van der Waals surface area contributed by atoms with E-state index >= 15 is 0 Å². The van der Waals surface area contributed by atoms with Crippen LogP contribution in [0.3, 0.4) is 0 Å². The third-order valence-electron chi connectivity index (χ3n) is 5.93. The zero-order valence-corrected chi connectivity index (χ0v) is 16.8. The van der Waals surface area contributed by atoms with E-state index in [4.69, 9.17) is 14.0 Å². The third-order valence-corrected chi connectivity index (χ3v) is 5.93. The largest absolute Gasteiger partial charge is 0.487 e. The normalized spacial score (nSPS) is 28.5. The van der Waals surface area contributed by atoms with Crippen LogP contribution < -0.4 is 0 Å². The fourth-order valence-corrected chi connectivity index (χ4v) is 3.86. The predicted molar refractivity (Wildman–Crippen MR) is 98.3 cm³/mol. The Morgan fingerprint density at radius 1 is 1.16 bits per heavy atom. The van der Waals surface area contributed by atoms with Gasteiger partial charge in [-0.1, -0.05) is 11.5 Å².